The van der Waals surface area contributed by atoms with Gasteiger partial charge in [0.15, 0.2) is 0 Å². The van der Waals surface area contributed by atoms with Crippen molar-refractivity contribution in [2.45, 2.75) is 206 Å². The lowest BCUT2D eigenvalue weighted by Crippen LogP contribution is -2.25. The van der Waals surface area contributed by atoms with Crippen LogP contribution >= 0.6 is 0 Å². The minimum absolute atomic E-state index is 0.0845. The molecule has 6 nitrogen and oxygen atoms in total. The number of ether oxygens (including phenoxy) is 1. The van der Waals surface area contributed by atoms with Gasteiger partial charge in [0.05, 0.1) is 12.5 Å². The Morgan fingerprint density at radius 2 is 0.860 bits per heavy atom. The smallest absolute Gasteiger partial charge is 0.309 e. The largest absolute Gasteiger partial charge is 0.481 e. The van der Waals surface area contributed by atoms with Crippen LogP contribution < -0.4 is 0 Å². The van der Waals surface area contributed by atoms with Crippen LogP contribution in [0, 0.1) is 5.92 Å². The number of unbranched alkanes of at least 4 members (excludes halogenated alkanes) is 25. The maximum atomic E-state index is 12.7. The predicted molar refractivity (Wildman–Crippen MR) is 179 cm³/mol. The van der Waals surface area contributed by atoms with E-state index in [0.29, 0.717) is 6.42 Å². The Hall–Kier alpha value is -1.14. The van der Waals surface area contributed by atoms with Crippen molar-refractivity contribution in [2.75, 3.05) is 13.2 Å². The zero-order valence-electron chi connectivity index (χ0n) is 28.3. The summed E-state index contributed by atoms with van der Waals surface area (Å²) in [5, 5.41) is 27.3. The molecular formula is C37H72O6. The van der Waals surface area contributed by atoms with Gasteiger partial charge in [0.2, 0.25) is 0 Å². The van der Waals surface area contributed by atoms with Crippen molar-refractivity contribution in [3.63, 3.8) is 0 Å². The Morgan fingerprint density at radius 1 is 0.535 bits per heavy atom. The highest BCUT2D eigenvalue weighted by Gasteiger charge is 2.20. The summed E-state index contributed by atoms with van der Waals surface area (Å²) in [7, 11) is 0. The van der Waals surface area contributed by atoms with Crippen LogP contribution in [0.5, 0.6) is 0 Å². The van der Waals surface area contributed by atoms with Crippen LogP contribution in [0.2, 0.25) is 0 Å². The number of aliphatic carboxylic acids is 1. The van der Waals surface area contributed by atoms with Crippen molar-refractivity contribution < 1.29 is 29.6 Å². The van der Waals surface area contributed by atoms with Gasteiger partial charge in [0, 0.05) is 6.42 Å². The molecule has 0 aromatic heterocycles. The first-order valence-corrected chi connectivity index (χ1v) is 18.7. The van der Waals surface area contributed by atoms with E-state index < -0.39 is 12.1 Å². The molecule has 0 aliphatic carbocycles. The van der Waals surface area contributed by atoms with Gasteiger partial charge in [0.1, 0.15) is 12.7 Å². The van der Waals surface area contributed by atoms with Crippen molar-refractivity contribution in [3.8, 4) is 0 Å². The molecular weight excluding hydrogens is 540 g/mol. The Balaban J connectivity index is 3.83. The van der Waals surface area contributed by atoms with Gasteiger partial charge in [0.25, 0.3) is 0 Å². The SMILES string of the molecule is CCCCCCCCCCCCCCC(CCCCCCCCCCCCCCCCCC(=O)O)C(=O)OCC(O)CO. The van der Waals surface area contributed by atoms with Crippen molar-refractivity contribution in [1.82, 2.24) is 0 Å². The van der Waals surface area contributed by atoms with Gasteiger partial charge >= 0.3 is 11.9 Å². The average molecular weight is 613 g/mol. The summed E-state index contributed by atoms with van der Waals surface area (Å²) in [5.74, 6) is -0.962. The number of aliphatic hydroxyl groups is 2. The number of carbonyl (C=O) groups is 2. The molecule has 3 N–H and O–H groups in total. The normalized spacial score (nSPS) is 12.8. The fraction of sp³-hybridized carbons (Fsp3) is 0.946. The summed E-state index contributed by atoms with van der Waals surface area (Å²) in [6.07, 6.45) is 34.9. The number of hydrogen-bond acceptors (Lipinski definition) is 5. The third-order valence-corrected chi connectivity index (χ3v) is 8.81. The monoisotopic (exact) mass is 613 g/mol. The molecule has 0 aliphatic heterocycles. The molecule has 6 heteroatoms. The lowest BCUT2D eigenvalue weighted by molar-refractivity contribution is -0.152. The molecule has 0 fully saturated rings. The molecule has 0 aromatic rings. The van der Waals surface area contributed by atoms with Crippen molar-refractivity contribution in [3.05, 3.63) is 0 Å². The molecule has 256 valence electrons. The standard InChI is InChI=1S/C37H72O6/c1-2-3-4-5-6-7-8-14-17-20-23-26-29-34(37(42)43-33-35(39)32-38)30-27-24-21-18-15-12-10-9-11-13-16-19-22-25-28-31-36(40)41/h34-35,38-39H,2-33H2,1H3,(H,40,41). The van der Waals surface area contributed by atoms with Gasteiger partial charge in [-0.1, -0.05) is 174 Å². The van der Waals surface area contributed by atoms with Crippen LogP contribution in [0.1, 0.15) is 200 Å². The maximum absolute atomic E-state index is 12.7. The third kappa shape index (κ3) is 32.1. The predicted octanol–water partition coefficient (Wildman–Crippen LogP) is 10.3. The number of esters is 1. The summed E-state index contributed by atoms with van der Waals surface area (Å²) in [5.41, 5.74) is 0. The van der Waals surface area contributed by atoms with E-state index >= 15 is 0 Å². The Morgan fingerprint density at radius 3 is 1.19 bits per heavy atom. The lowest BCUT2D eigenvalue weighted by Gasteiger charge is -2.17. The summed E-state index contributed by atoms with van der Waals surface area (Å²) < 4.78 is 5.33. The van der Waals surface area contributed by atoms with Gasteiger partial charge < -0.3 is 20.1 Å². The van der Waals surface area contributed by atoms with Crippen molar-refractivity contribution in [2.24, 2.45) is 5.92 Å². The van der Waals surface area contributed by atoms with Crippen molar-refractivity contribution in [1.29, 1.82) is 0 Å². The number of hydrogen-bond donors (Lipinski definition) is 3. The number of rotatable bonds is 35. The second-order valence-corrected chi connectivity index (χ2v) is 13.1. The van der Waals surface area contributed by atoms with E-state index in [0.717, 1.165) is 44.9 Å². The van der Waals surface area contributed by atoms with Crippen LogP contribution in [-0.2, 0) is 14.3 Å². The molecule has 0 saturated heterocycles. The van der Waals surface area contributed by atoms with E-state index in [-0.39, 0.29) is 25.1 Å². The van der Waals surface area contributed by atoms with Gasteiger partial charge in [-0.2, -0.15) is 0 Å². The molecule has 0 spiro atoms. The van der Waals surface area contributed by atoms with Crippen molar-refractivity contribution >= 4 is 11.9 Å². The number of carbonyl (C=O) groups excluding carboxylic acids is 1. The molecule has 0 heterocycles. The van der Waals surface area contributed by atoms with E-state index in [1.807, 2.05) is 0 Å². The zero-order chi connectivity index (χ0) is 31.6. The molecule has 0 rings (SSSR count). The first-order valence-electron chi connectivity index (χ1n) is 18.7. The molecule has 0 amide bonds. The first-order chi connectivity index (χ1) is 21.0. The highest BCUT2D eigenvalue weighted by molar-refractivity contribution is 5.72. The molecule has 0 bridgehead atoms. The van der Waals surface area contributed by atoms with Crippen LogP contribution in [0.15, 0.2) is 0 Å². The zero-order valence-corrected chi connectivity index (χ0v) is 28.3. The quantitative estimate of drug-likeness (QED) is 0.0486. The second-order valence-electron chi connectivity index (χ2n) is 13.1. The Kier molecular flexibility index (Phi) is 32.9. The minimum atomic E-state index is -0.988. The van der Waals surface area contributed by atoms with E-state index in [9.17, 15) is 14.7 Å². The molecule has 0 aromatic carbocycles. The third-order valence-electron chi connectivity index (χ3n) is 8.81. The van der Waals surface area contributed by atoms with Gasteiger partial charge in [-0.15, -0.1) is 0 Å². The fourth-order valence-corrected chi connectivity index (χ4v) is 5.93. The number of carboxylic acids is 1. The lowest BCUT2D eigenvalue weighted by atomic mass is 9.94. The molecule has 2 atom stereocenters. The highest BCUT2D eigenvalue weighted by atomic mass is 16.5. The van der Waals surface area contributed by atoms with Crippen LogP contribution in [0.25, 0.3) is 0 Å². The number of carboxylic acid groups (broad SMARTS) is 1. The summed E-state index contributed by atoms with van der Waals surface area (Å²) in [6.45, 7) is 1.77. The molecule has 0 aliphatic rings. The Labute approximate surface area is 266 Å². The number of aliphatic hydroxyl groups excluding tert-OH is 2. The average Bonchev–Trinajstić information content (AvgIpc) is 3.00. The van der Waals surface area contributed by atoms with Gasteiger partial charge in [-0.3, -0.25) is 9.59 Å². The molecule has 0 saturated carbocycles. The summed E-state index contributed by atoms with van der Waals surface area (Å²) in [6, 6.07) is 0. The first kappa shape index (κ1) is 41.9. The van der Waals surface area contributed by atoms with Crippen LogP contribution in [-0.4, -0.2) is 46.6 Å². The van der Waals surface area contributed by atoms with Crippen LogP contribution in [0.3, 0.4) is 0 Å². The molecule has 0 radical (unpaired) electrons. The van der Waals surface area contributed by atoms with E-state index in [4.69, 9.17) is 14.9 Å². The second kappa shape index (κ2) is 33.7. The minimum Gasteiger partial charge on any atom is -0.481 e. The van der Waals surface area contributed by atoms with E-state index in [2.05, 4.69) is 6.92 Å². The van der Waals surface area contributed by atoms with E-state index in [1.165, 1.54) is 141 Å². The molecule has 43 heavy (non-hydrogen) atoms. The fourth-order valence-electron chi connectivity index (χ4n) is 5.93. The molecule has 2 unspecified atom stereocenters. The topological polar surface area (TPSA) is 104 Å². The van der Waals surface area contributed by atoms with Crippen LogP contribution in [0.4, 0.5) is 0 Å². The van der Waals surface area contributed by atoms with E-state index in [1.54, 1.807) is 0 Å². The summed E-state index contributed by atoms with van der Waals surface area (Å²) >= 11 is 0. The van der Waals surface area contributed by atoms with Gasteiger partial charge in [-0.05, 0) is 19.3 Å². The Bertz CT molecular complexity index is 596. The highest BCUT2D eigenvalue weighted by Crippen LogP contribution is 2.22. The summed E-state index contributed by atoms with van der Waals surface area (Å²) in [4.78, 5) is 23.2. The van der Waals surface area contributed by atoms with Gasteiger partial charge in [-0.25, -0.2) is 0 Å². The maximum Gasteiger partial charge on any atom is 0.309 e.